The summed E-state index contributed by atoms with van der Waals surface area (Å²) in [7, 11) is 0. The maximum Gasteiger partial charge on any atom is 0.230 e. The van der Waals surface area contributed by atoms with Gasteiger partial charge in [-0.15, -0.1) is 11.3 Å². The topological polar surface area (TPSA) is 51.2 Å². The number of carbonyl (C=O) groups excluding carboxylic acids is 1. The number of nitrogens with zero attached hydrogens (tertiary/aromatic N) is 1. The van der Waals surface area contributed by atoms with Crippen molar-refractivity contribution in [3.8, 4) is 17.0 Å². The predicted octanol–water partition coefficient (Wildman–Crippen LogP) is 5.70. The van der Waals surface area contributed by atoms with Crippen LogP contribution in [0.3, 0.4) is 0 Å². The highest BCUT2D eigenvalue weighted by atomic mass is 35.5. The summed E-state index contributed by atoms with van der Waals surface area (Å²) in [6, 6.07) is 12.8. The summed E-state index contributed by atoms with van der Waals surface area (Å²) in [5.41, 5.74) is 2.50. The molecular weight excluding hydrogens is 391 g/mol. The van der Waals surface area contributed by atoms with Gasteiger partial charge in [0, 0.05) is 10.9 Å². The number of ether oxygens (including phenoxy) is 1. The zero-order valence-electron chi connectivity index (χ0n) is 14.0. The van der Waals surface area contributed by atoms with Crippen LogP contribution in [0.5, 0.6) is 5.75 Å². The Morgan fingerprint density at radius 1 is 1.15 bits per heavy atom. The Morgan fingerprint density at radius 3 is 2.62 bits per heavy atom. The van der Waals surface area contributed by atoms with Crippen molar-refractivity contribution in [2.24, 2.45) is 0 Å². The van der Waals surface area contributed by atoms with E-state index in [2.05, 4.69) is 10.3 Å². The van der Waals surface area contributed by atoms with Gasteiger partial charge in [0.1, 0.15) is 5.75 Å². The number of hydrogen-bond acceptors (Lipinski definition) is 4. The summed E-state index contributed by atoms with van der Waals surface area (Å²) in [5, 5.41) is 6.20. The molecule has 0 saturated carbocycles. The molecule has 26 heavy (non-hydrogen) atoms. The molecule has 0 bridgehead atoms. The number of hydrogen-bond donors (Lipinski definition) is 1. The summed E-state index contributed by atoms with van der Waals surface area (Å²) in [6.07, 6.45) is 0.272. The first kappa shape index (κ1) is 18.7. The second-order valence-corrected chi connectivity index (χ2v) is 7.14. The number of nitrogens with one attached hydrogen (secondary N) is 1. The van der Waals surface area contributed by atoms with E-state index in [4.69, 9.17) is 27.9 Å². The van der Waals surface area contributed by atoms with Crippen LogP contribution in [-0.4, -0.2) is 17.5 Å². The van der Waals surface area contributed by atoms with Crippen LogP contribution in [0.2, 0.25) is 10.0 Å². The Bertz CT molecular complexity index is 910. The normalized spacial score (nSPS) is 10.6. The Kier molecular flexibility index (Phi) is 6.14. The zero-order valence-corrected chi connectivity index (χ0v) is 16.3. The van der Waals surface area contributed by atoms with Crippen molar-refractivity contribution >= 4 is 45.6 Å². The molecule has 1 N–H and O–H groups in total. The fourth-order valence-corrected chi connectivity index (χ4v) is 3.37. The van der Waals surface area contributed by atoms with Gasteiger partial charge in [-0.3, -0.25) is 4.79 Å². The van der Waals surface area contributed by atoms with E-state index in [1.54, 1.807) is 12.1 Å². The lowest BCUT2D eigenvalue weighted by Crippen LogP contribution is -2.14. The van der Waals surface area contributed by atoms with Crippen molar-refractivity contribution < 1.29 is 9.53 Å². The fourth-order valence-electron chi connectivity index (χ4n) is 2.34. The number of amides is 1. The molecule has 0 radical (unpaired) electrons. The molecule has 0 spiro atoms. The van der Waals surface area contributed by atoms with Gasteiger partial charge in [-0.05, 0) is 36.8 Å². The van der Waals surface area contributed by atoms with Gasteiger partial charge in [0.2, 0.25) is 5.91 Å². The lowest BCUT2D eigenvalue weighted by atomic mass is 10.1. The molecule has 0 aliphatic heterocycles. The van der Waals surface area contributed by atoms with E-state index in [1.807, 2.05) is 42.6 Å². The predicted molar refractivity (Wildman–Crippen MR) is 108 cm³/mol. The summed E-state index contributed by atoms with van der Waals surface area (Å²) in [6.45, 7) is 2.55. The molecule has 3 rings (SSSR count). The van der Waals surface area contributed by atoms with Crippen LogP contribution in [0, 0.1) is 0 Å². The molecule has 3 aromatic rings. The molecule has 1 aromatic heterocycles. The van der Waals surface area contributed by atoms with E-state index >= 15 is 0 Å². The molecule has 4 nitrogen and oxygen atoms in total. The molecule has 1 amide bonds. The highest BCUT2D eigenvalue weighted by Gasteiger charge is 2.10. The van der Waals surface area contributed by atoms with Gasteiger partial charge in [0.05, 0.1) is 28.8 Å². The first-order valence-electron chi connectivity index (χ1n) is 7.97. The first-order chi connectivity index (χ1) is 12.5. The Hall–Kier alpha value is -2.08. The summed E-state index contributed by atoms with van der Waals surface area (Å²) in [5.74, 6) is 0.673. The van der Waals surface area contributed by atoms with Gasteiger partial charge in [-0.2, -0.15) is 0 Å². The summed E-state index contributed by atoms with van der Waals surface area (Å²) in [4.78, 5) is 16.7. The van der Waals surface area contributed by atoms with Gasteiger partial charge in [0.25, 0.3) is 0 Å². The van der Waals surface area contributed by atoms with E-state index in [-0.39, 0.29) is 12.3 Å². The number of thiazole rings is 1. The van der Waals surface area contributed by atoms with Crippen LogP contribution >= 0.6 is 34.5 Å². The molecule has 7 heteroatoms. The van der Waals surface area contributed by atoms with Gasteiger partial charge in [0.15, 0.2) is 5.13 Å². The van der Waals surface area contributed by atoms with Crippen molar-refractivity contribution in [3.63, 3.8) is 0 Å². The van der Waals surface area contributed by atoms with Crippen LogP contribution in [0.15, 0.2) is 47.8 Å². The number of carbonyl (C=O) groups is 1. The smallest absolute Gasteiger partial charge is 0.230 e. The molecule has 0 fully saturated rings. The first-order valence-corrected chi connectivity index (χ1v) is 9.61. The van der Waals surface area contributed by atoms with Gasteiger partial charge in [-0.1, -0.05) is 41.4 Å². The highest BCUT2D eigenvalue weighted by Crippen LogP contribution is 2.30. The van der Waals surface area contributed by atoms with Crippen molar-refractivity contribution in [2.75, 3.05) is 11.9 Å². The molecule has 0 aliphatic carbocycles. The van der Waals surface area contributed by atoms with E-state index in [1.165, 1.54) is 11.3 Å². The standard InChI is InChI=1S/C19H16Cl2N2O2S/c1-2-25-14-6-3-12(4-7-14)9-18(24)23-19-22-17(11-26-19)13-5-8-15(20)16(21)10-13/h3-8,10-11H,2,9H2,1H3,(H,22,23,24). The van der Waals surface area contributed by atoms with E-state index in [0.29, 0.717) is 21.8 Å². The fraction of sp³-hybridized carbons (Fsp3) is 0.158. The number of halogens is 2. The Morgan fingerprint density at radius 2 is 1.92 bits per heavy atom. The van der Waals surface area contributed by atoms with Crippen LogP contribution in [-0.2, 0) is 11.2 Å². The summed E-state index contributed by atoms with van der Waals surface area (Å²) >= 11 is 13.3. The lowest BCUT2D eigenvalue weighted by molar-refractivity contribution is -0.115. The van der Waals surface area contributed by atoms with Crippen LogP contribution in [0.4, 0.5) is 5.13 Å². The minimum absolute atomic E-state index is 0.121. The molecule has 2 aromatic carbocycles. The maximum absolute atomic E-state index is 12.2. The van der Waals surface area contributed by atoms with E-state index in [9.17, 15) is 4.79 Å². The number of benzene rings is 2. The second kappa shape index (κ2) is 8.54. The molecule has 0 saturated heterocycles. The van der Waals surface area contributed by atoms with Crippen molar-refractivity contribution in [3.05, 3.63) is 63.5 Å². The van der Waals surface area contributed by atoms with Gasteiger partial charge < -0.3 is 10.1 Å². The largest absolute Gasteiger partial charge is 0.494 e. The van der Waals surface area contributed by atoms with E-state index < -0.39 is 0 Å². The molecule has 1 heterocycles. The Labute approximate surface area is 165 Å². The number of aromatic nitrogens is 1. The molecule has 134 valence electrons. The lowest BCUT2D eigenvalue weighted by Gasteiger charge is -2.05. The van der Waals surface area contributed by atoms with Crippen molar-refractivity contribution in [2.45, 2.75) is 13.3 Å². The summed E-state index contributed by atoms with van der Waals surface area (Å²) < 4.78 is 5.40. The average molecular weight is 407 g/mol. The monoisotopic (exact) mass is 406 g/mol. The van der Waals surface area contributed by atoms with Crippen molar-refractivity contribution in [1.82, 2.24) is 4.98 Å². The third-order valence-electron chi connectivity index (χ3n) is 3.56. The second-order valence-electron chi connectivity index (χ2n) is 5.47. The molecule has 0 aliphatic rings. The van der Waals surface area contributed by atoms with Crippen molar-refractivity contribution in [1.29, 1.82) is 0 Å². The quantitative estimate of drug-likeness (QED) is 0.571. The SMILES string of the molecule is CCOc1ccc(CC(=O)Nc2nc(-c3ccc(Cl)c(Cl)c3)cs2)cc1. The number of rotatable bonds is 6. The van der Waals surface area contributed by atoms with Gasteiger partial charge in [-0.25, -0.2) is 4.98 Å². The molecule has 0 atom stereocenters. The van der Waals surface area contributed by atoms with E-state index in [0.717, 1.165) is 22.6 Å². The van der Waals surface area contributed by atoms with Crippen LogP contribution in [0.1, 0.15) is 12.5 Å². The highest BCUT2D eigenvalue weighted by molar-refractivity contribution is 7.14. The van der Waals surface area contributed by atoms with Gasteiger partial charge >= 0.3 is 0 Å². The molecule has 0 unspecified atom stereocenters. The Balaban J connectivity index is 1.63. The molecular formula is C19H16Cl2N2O2S. The van der Waals surface area contributed by atoms with Crippen LogP contribution in [0.25, 0.3) is 11.3 Å². The van der Waals surface area contributed by atoms with Crippen LogP contribution < -0.4 is 10.1 Å². The third-order valence-corrected chi connectivity index (χ3v) is 5.06. The third kappa shape index (κ3) is 4.75. The average Bonchev–Trinajstić information content (AvgIpc) is 3.07. The minimum atomic E-state index is -0.121. The maximum atomic E-state index is 12.2. The number of anilines is 1. The zero-order chi connectivity index (χ0) is 18.5. The minimum Gasteiger partial charge on any atom is -0.494 e.